The highest BCUT2D eigenvalue weighted by Gasteiger charge is 2.19. The Hall–Kier alpha value is -2.90. The molecule has 0 radical (unpaired) electrons. The zero-order chi connectivity index (χ0) is 21.7. The molecule has 0 atom stereocenters. The third-order valence-corrected chi connectivity index (χ3v) is 6.15. The number of methoxy groups -OCH3 is 3. The molecule has 0 aliphatic carbocycles. The molecule has 0 bridgehead atoms. The second-order valence-corrected chi connectivity index (χ2v) is 8.53. The fourth-order valence-electron chi connectivity index (χ4n) is 3.05. The first-order valence-electron chi connectivity index (χ1n) is 9.03. The first kappa shape index (κ1) is 21.8. The Morgan fingerprint density at radius 2 is 1.50 bits per heavy atom. The van der Waals surface area contributed by atoms with E-state index in [1.807, 2.05) is 24.3 Å². The lowest BCUT2D eigenvalue weighted by Crippen LogP contribution is -2.14. The van der Waals surface area contributed by atoms with Crippen molar-refractivity contribution in [2.75, 3.05) is 26.1 Å². The normalized spacial score (nSPS) is 11.1. The molecule has 1 N–H and O–H groups in total. The van der Waals surface area contributed by atoms with Crippen molar-refractivity contribution in [2.24, 2.45) is 0 Å². The maximum atomic E-state index is 13.0. The quantitative estimate of drug-likeness (QED) is 0.539. The van der Waals surface area contributed by atoms with Crippen LogP contribution in [0, 0.1) is 0 Å². The van der Waals surface area contributed by atoms with Crippen molar-refractivity contribution < 1.29 is 22.6 Å². The van der Waals surface area contributed by atoms with E-state index in [9.17, 15) is 8.42 Å². The number of halogens is 1. The second kappa shape index (κ2) is 9.28. The minimum atomic E-state index is -3.87. The third kappa shape index (κ3) is 4.80. The molecule has 0 heterocycles. The van der Waals surface area contributed by atoms with Crippen LogP contribution in [0.4, 0.5) is 5.69 Å². The Bertz CT molecular complexity index is 1150. The molecule has 6 nitrogen and oxygen atoms in total. The highest BCUT2D eigenvalue weighted by molar-refractivity contribution is 7.92. The van der Waals surface area contributed by atoms with Crippen LogP contribution in [-0.2, 0) is 16.4 Å². The number of rotatable bonds is 8. The van der Waals surface area contributed by atoms with Crippen molar-refractivity contribution in [3.8, 4) is 17.2 Å². The summed E-state index contributed by atoms with van der Waals surface area (Å²) in [5.74, 6) is 1.48. The fourth-order valence-corrected chi connectivity index (χ4v) is 4.36. The van der Waals surface area contributed by atoms with Crippen LogP contribution in [0.5, 0.6) is 17.2 Å². The summed E-state index contributed by atoms with van der Waals surface area (Å²) in [6.07, 6.45) is 0.439. The summed E-state index contributed by atoms with van der Waals surface area (Å²) in [4.78, 5) is 0.0540. The molecule has 0 aliphatic rings. The molecule has 0 fully saturated rings. The van der Waals surface area contributed by atoms with Gasteiger partial charge in [-0.15, -0.1) is 0 Å². The van der Waals surface area contributed by atoms with E-state index in [0.717, 1.165) is 11.1 Å². The number of sulfonamides is 1. The van der Waals surface area contributed by atoms with Crippen molar-refractivity contribution in [2.45, 2.75) is 11.3 Å². The Morgan fingerprint density at radius 1 is 0.800 bits per heavy atom. The lowest BCUT2D eigenvalue weighted by Gasteiger charge is -2.15. The maximum Gasteiger partial charge on any atom is 0.262 e. The van der Waals surface area contributed by atoms with Gasteiger partial charge >= 0.3 is 0 Å². The molecule has 0 spiro atoms. The van der Waals surface area contributed by atoms with Gasteiger partial charge in [0, 0.05) is 17.5 Å². The monoisotopic (exact) mass is 447 g/mol. The number of ether oxygens (including phenoxy) is 3. The number of hydrogen-bond acceptors (Lipinski definition) is 5. The highest BCUT2D eigenvalue weighted by Crippen LogP contribution is 2.32. The first-order valence-corrected chi connectivity index (χ1v) is 10.9. The number of hydrogen-bond donors (Lipinski definition) is 1. The van der Waals surface area contributed by atoms with Crippen LogP contribution in [0.1, 0.15) is 11.1 Å². The zero-order valence-corrected chi connectivity index (χ0v) is 18.4. The van der Waals surface area contributed by atoms with E-state index in [-0.39, 0.29) is 4.90 Å². The van der Waals surface area contributed by atoms with E-state index in [4.69, 9.17) is 25.8 Å². The summed E-state index contributed by atoms with van der Waals surface area (Å²) in [7, 11) is 0.659. The molecule has 3 aromatic carbocycles. The average molecular weight is 448 g/mol. The van der Waals surface area contributed by atoms with E-state index < -0.39 is 10.0 Å². The van der Waals surface area contributed by atoms with Gasteiger partial charge in [0.2, 0.25) is 0 Å². The fraction of sp³-hybridized carbons (Fsp3) is 0.182. The number of anilines is 1. The molecule has 3 aromatic rings. The molecule has 158 valence electrons. The number of para-hydroxylation sites is 1. The van der Waals surface area contributed by atoms with Crippen LogP contribution in [0.25, 0.3) is 0 Å². The predicted molar refractivity (Wildman–Crippen MR) is 118 cm³/mol. The molecular weight excluding hydrogens is 426 g/mol. The predicted octanol–water partition coefficient (Wildman–Crippen LogP) is 4.76. The standard InChI is InChI=1S/C22H22ClNO5S/c1-27-20-7-5-4-6-15(20)12-16-13-17(23)8-10-19(16)24-30(25,26)18-9-11-21(28-2)22(14-18)29-3/h4-11,13-14,24H,12H2,1-3H3. The summed E-state index contributed by atoms with van der Waals surface area (Å²) in [5.41, 5.74) is 2.06. The van der Waals surface area contributed by atoms with Gasteiger partial charge < -0.3 is 14.2 Å². The van der Waals surface area contributed by atoms with E-state index in [1.54, 1.807) is 31.4 Å². The van der Waals surface area contributed by atoms with Crippen LogP contribution in [0.2, 0.25) is 5.02 Å². The molecule has 30 heavy (non-hydrogen) atoms. The Labute approximate surface area is 181 Å². The van der Waals surface area contributed by atoms with Gasteiger partial charge in [0.1, 0.15) is 5.75 Å². The lowest BCUT2D eigenvalue weighted by molar-refractivity contribution is 0.354. The van der Waals surface area contributed by atoms with Gasteiger partial charge in [-0.3, -0.25) is 4.72 Å². The van der Waals surface area contributed by atoms with Crippen LogP contribution in [-0.4, -0.2) is 29.7 Å². The smallest absolute Gasteiger partial charge is 0.262 e. The van der Waals surface area contributed by atoms with Crippen molar-refractivity contribution >= 4 is 27.3 Å². The van der Waals surface area contributed by atoms with Gasteiger partial charge in [0.05, 0.1) is 31.9 Å². The van der Waals surface area contributed by atoms with E-state index in [2.05, 4.69) is 4.72 Å². The molecule has 0 aromatic heterocycles. The minimum absolute atomic E-state index is 0.0540. The number of benzene rings is 3. The van der Waals surface area contributed by atoms with E-state index in [1.165, 1.54) is 26.4 Å². The van der Waals surface area contributed by atoms with Crippen LogP contribution in [0.15, 0.2) is 65.6 Å². The van der Waals surface area contributed by atoms with E-state index >= 15 is 0 Å². The van der Waals surface area contributed by atoms with Crippen LogP contribution in [0.3, 0.4) is 0 Å². The lowest BCUT2D eigenvalue weighted by atomic mass is 10.0. The minimum Gasteiger partial charge on any atom is -0.496 e. The van der Waals surface area contributed by atoms with Gasteiger partial charge in [-0.25, -0.2) is 8.42 Å². The van der Waals surface area contributed by atoms with Crippen molar-refractivity contribution in [3.63, 3.8) is 0 Å². The maximum absolute atomic E-state index is 13.0. The summed E-state index contributed by atoms with van der Waals surface area (Å²) in [6.45, 7) is 0. The van der Waals surface area contributed by atoms with Crippen molar-refractivity contribution in [1.82, 2.24) is 0 Å². The summed E-state index contributed by atoms with van der Waals surface area (Å²) < 4.78 is 44.5. The topological polar surface area (TPSA) is 73.9 Å². The van der Waals surface area contributed by atoms with Gasteiger partial charge in [-0.05, 0) is 47.5 Å². The third-order valence-electron chi connectivity index (χ3n) is 4.55. The van der Waals surface area contributed by atoms with Crippen molar-refractivity contribution in [3.05, 3.63) is 76.8 Å². The van der Waals surface area contributed by atoms with Gasteiger partial charge in [-0.2, -0.15) is 0 Å². The SMILES string of the molecule is COc1ccccc1Cc1cc(Cl)ccc1NS(=O)(=O)c1ccc(OC)c(OC)c1. The van der Waals surface area contributed by atoms with Crippen LogP contribution < -0.4 is 18.9 Å². The molecule has 3 rings (SSSR count). The van der Waals surface area contributed by atoms with Crippen LogP contribution >= 0.6 is 11.6 Å². The highest BCUT2D eigenvalue weighted by atomic mass is 35.5. The molecule has 0 unspecified atom stereocenters. The van der Waals surface area contributed by atoms with Gasteiger partial charge in [0.15, 0.2) is 11.5 Å². The summed E-state index contributed by atoms with van der Waals surface area (Å²) in [6, 6.07) is 17.0. The zero-order valence-electron chi connectivity index (χ0n) is 16.8. The number of nitrogens with one attached hydrogen (secondary N) is 1. The molecular formula is C22H22ClNO5S. The molecule has 0 aliphatic heterocycles. The Balaban J connectivity index is 1.97. The first-order chi connectivity index (χ1) is 14.4. The molecule has 8 heteroatoms. The largest absolute Gasteiger partial charge is 0.496 e. The van der Waals surface area contributed by atoms with Crippen molar-refractivity contribution in [1.29, 1.82) is 0 Å². The average Bonchev–Trinajstić information content (AvgIpc) is 2.75. The van der Waals surface area contributed by atoms with E-state index in [0.29, 0.717) is 34.4 Å². The second-order valence-electron chi connectivity index (χ2n) is 6.41. The Kier molecular flexibility index (Phi) is 6.74. The summed E-state index contributed by atoms with van der Waals surface area (Å²) in [5, 5.41) is 0.508. The van der Waals surface area contributed by atoms with Gasteiger partial charge in [0.25, 0.3) is 10.0 Å². The van der Waals surface area contributed by atoms with Gasteiger partial charge in [-0.1, -0.05) is 29.8 Å². The molecule has 0 saturated heterocycles. The summed E-state index contributed by atoms with van der Waals surface area (Å²) >= 11 is 6.18. The molecule has 0 amide bonds. The molecule has 0 saturated carbocycles. The Morgan fingerprint density at radius 3 is 2.20 bits per heavy atom.